The molecule has 1 heterocycles. The molecular weight excluding hydrogens is 338 g/mol. The molecule has 0 atom stereocenters. The van der Waals surface area contributed by atoms with Crippen LogP contribution in [0.1, 0.15) is 29.8 Å². The highest BCUT2D eigenvalue weighted by molar-refractivity contribution is 6.03. The van der Waals surface area contributed by atoms with Crippen molar-refractivity contribution >= 4 is 28.6 Å². The van der Waals surface area contributed by atoms with Crippen molar-refractivity contribution in [3.63, 3.8) is 0 Å². The second-order valence-electron chi connectivity index (χ2n) is 6.39. The first-order valence-corrected chi connectivity index (χ1v) is 9.14. The van der Waals surface area contributed by atoms with Gasteiger partial charge in [0.05, 0.1) is 5.52 Å². The molecule has 0 saturated heterocycles. The van der Waals surface area contributed by atoms with E-state index in [1.54, 1.807) is 7.05 Å². The number of rotatable bonds is 5. The highest BCUT2D eigenvalue weighted by Crippen LogP contribution is 2.32. The Labute approximate surface area is 159 Å². The van der Waals surface area contributed by atoms with E-state index < -0.39 is 0 Å². The molecule has 1 aromatic heterocycles. The molecule has 1 amide bonds. The van der Waals surface area contributed by atoms with Crippen molar-refractivity contribution in [2.75, 3.05) is 31.2 Å². The number of benzene rings is 2. The molecule has 0 spiro atoms. The van der Waals surface area contributed by atoms with Gasteiger partial charge in [0.25, 0.3) is 5.91 Å². The molecule has 6 nitrogen and oxygen atoms in total. The average Bonchev–Trinajstić information content (AvgIpc) is 2.67. The average molecular weight is 363 g/mol. The summed E-state index contributed by atoms with van der Waals surface area (Å²) in [6.45, 7) is 7.36. The lowest BCUT2D eigenvalue weighted by atomic mass is 9.93. The van der Waals surface area contributed by atoms with E-state index in [9.17, 15) is 4.79 Å². The van der Waals surface area contributed by atoms with Crippen LogP contribution in [0.5, 0.6) is 0 Å². The first-order chi connectivity index (χ1) is 13.0. The van der Waals surface area contributed by atoms with E-state index in [4.69, 9.17) is 5.73 Å². The molecule has 6 heteroatoms. The predicted octanol–water partition coefficient (Wildman–Crippen LogP) is 3.71. The molecule has 2 aromatic carbocycles. The van der Waals surface area contributed by atoms with Crippen LogP contribution in [0.2, 0.25) is 0 Å². The zero-order chi connectivity index (χ0) is 19.6. The number of aryl methyl sites for hydroxylation is 1. The molecular formula is C21H25N5O. The van der Waals surface area contributed by atoms with E-state index >= 15 is 0 Å². The largest absolute Gasteiger partial charge is 0.372 e. The van der Waals surface area contributed by atoms with Gasteiger partial charge in [-0.15, -0.1) is 0 Å². The first-order valence-electron chi connectivity index (χ1n) is 9.14. The normalized spacial score (nSPS) is 10.8. The second kappa shape index (κ2) is 7.61. The van der Waals surface area contributed by atoms with Crippen LogP contribution in [0.15, 0.2) is 36.4 Å². The zero-order valence-electron chi connectivity index (χ0n) is 16.2. The molecule has 0 aliphatic heterocycles. The Hall–Kier alpha value is -3.15. The summed E-state index contributed by atoms with van der Waals surface area (Å²) in [5.41, 5.74) is 10.2. The van der Waals surface area contributed by atoms with E-state index in [0.717, 1.165) is 27.6 Å². The third kappa shape index (κ3) is 3.43. The molecule has 0 aliphatic rings. The van der Waals surface area contributed by atoms with Crippen LogP contribution in [-0.4, -0.2) is 40.9 Å². The van der Waals surface area contributed by atoms with Gasteiger partial charge in [-0.1, -0.05) is 18.2 Å². The van der Waals surface area contributed by atoms with Gasteiger partial charge in [-0.25, -0.2) is 4.98 Å². The van der Waals surface area contributed by atoms with E-state index in [1.165, 1.54) is 0 Å². The van der Waals surface area contributed by atoms with Gasteiger partial charge >= 0.3 is 0 Å². The SMILES string of the molecule is CCN(CC)C(=O)c1cccc(C)c1-c1ccc2c(NC)nc(N)nc2c1. The monoisotopic (exact) mass is 363 g/mol. The van der Waals surface area contributed by atoms with Crippen LogP contribution < -0.4 is 11.1 Å². The summed E-state index contributed by atoms with van der Waals surface area (Å²) in [6.07, 6.45) is 0. The molecule has 0 fully saturated rings. The number of anilines is 2. The predicted molar refractivity (Wildman–Crippen MR) is 111 cm³/mol. The fourth-order valence-electron chi connectivity index (χ4n) is 3.40. The molecule has 27 heavy (non-hydrogen) atoms. The second-order valence-corrected chi connectivity index (χ2v) is 6.39. The number of hydrogen-bond acceptors (Lipinski definition) is 5. The molecule has 3 rings (SSSR count). The van der Waals surface area contributed by atoms with E-state index in [2.05, 4.69) is 15.3 Å². The number of nitrogens with one attached hydrogen (secondary N) is 1. The zero-order valence-corrected chi connectivity index (χ0v) is 16.2. The van der Waals surface area contributed by atoms with Gasteiger partial charge in [-0.2, -0.15) is 4.98 Å². The minimum Gasteiger partial charge on any atom is -0.372 e. The Kier molecular flexibility index (Phi) is 5.26. The molecule has 0 saturated carbocycles. The Balaban J connectivity index is 2.21. The van der Waals surface area contributed by atoms with Gasteiger partial charge < -0.3 is 16.0 Å². The molecule has 0 aliphatic carbocycles. The van der Waals surface area contributed by atoms with Crippen molar-refractivity contribution in [3.8, 4) is 11.1 Å². The van der Waals surface area contributed by atoms with Gasteiger partial charge in [-0.05, 0) is 55.7 Å². The van der Waals surface area contributed by atoms with Crippen LogP contribution in [-0.2, 0) is 0 Å². The number of aromatic nitrogens is 2. The Morgan fingerprint density at radius 1 is 1.15 bits per heavy atom. The summed E-state index contributed by atoms with van der Waals surface area (Å²) >= 11 is 0. The van der Waals surface area contributed by atoms with Gasteiger partial charge in [0.2, 0.25) is 5.95 Å². The molecule has 0 bridgehead atoms. The number of hydrogen-bond donors (Lipinski definition) is 2. The van der Waals surface area contributed by atoms with Gasteiger partial charge in [0, 0.05) is 31.1 Å². The summed E-state index contributed by atoms with van der Waals surface area (Å²) in [6, 6.07) is 11.8. The fraction of sp³-hybridized carbons (Fsp3) is 0.286. The van der Waals surface area contributed by atoms with Crippen LogP contribution in [0.3, 0.4) is 0 Å². The summed E-state index contributed by atoms with van der Waals surface area (Å²) in [7, 11) is 1.80. The number of amides is 1. The Morgan fingerprint density at radius 2 is 1.89 bits per heavy atom. The van der Waals surface area contributed by atoms with Gasteiger partial charge in [0.15, 0.2) is 0 Å². The molecule has 0 unspecified atom stereocenters. The standard InChI is InChI=1S/C21H25N5O/c1-5-26(6-2)20(27)16-9-7-8-13(3)18(16)14-10-11-15-17(12-14)24-21(22)25-19(15)23-4/h7-12H,5-6H2,1-4H3,(H3,22,23,24,25). The maximum atomic E-state index is 13.0. The van der Waals surface area contributed by atoms with Gasteiger partial charge in [-0.3, -0.25) is 4.79 Å². The van der Waals surface area contributed by atoms with E-state index in [0.29, 0.717) is 24.5 Å². The third-order valence-electron chi connectivity index (χ3n) is 4.79. The van der Waals surface area contributed by atoms with Crippen molar-refractivity contribution in [3.05, 3.63) is 47.5 Å². The smallest absolute Gasteiger partial charge is 0.254 e. The van der Waals surface area contributed by atoms with Crippen LogP contribution in [0, 0.1) is 6.92 Å². The van der Waals surface area contributed by atoms with Crippen molar-refractivity contribution in [2.24, 2.45) is 0 Å². The topological polar surface area (TPSA) is 84.1 Å². The van der Waals surface area contributed by atoms with Gasteiger partial charge in [0.1, 0.15) is 5.82 Å². The minimum absolute atomic E-state index is 0.0388. The lowest BCUT2D eigenvalue weighted by Crippen LogP contribution is -2.31. The van der Waals surface area contributed by atoms with Crippen molar-refractivity contribution in [1.29, 1.82) is 0 Å². The van der Waals surface area contributed by atoms with E-state index in [-0.39, 0.29) is 11.9 Å². The van der Waals surface area contributed by atoms with E-state index in [1.807, 2.05) is 62.1 Å². The summed E-state index contributed by atoms with van der Waals surface area (Å²) in [5.74, 6) is 0.943. The van der Waals surface area contributed by atoms with Crippen molar-refractivity contribution in [1.82, 2.24) is 14.9 Å². The molecule has 3 N–H and O–H groups in total. The first kappa shape index (κ1) is 18.6. The number of nitrogens with two attached hydrogens (primary N) is 1. The van der Waals surface area contributed by atoms with Crippen molar-refractivity contribution < 1.29 is 4.79 Å². The summed E-state index contributed by atoms with van der Waals surface area (Å²) < 4.78 is 0. The molecule has 0 radical (unpaired) electrons. The number of carbonyl (C=O) groups is 1. The Morgan fingerprint density at radius 3 is 2.56 bits per heavy atom. The highest BCUT2D eigenvalue weighted by atomic mass is 16.2. The molecule has 3 aromatic rings. The third-order valence-corrected chi connectivity index (χ3v) is 4.79. The quantitative estimate of drug-likeness (QED) is 0.722. The van der Waals surface area contributed by atoms with Crippen LogP contribution in [0.4, 0.5) is 11.8 Å². The summed E-state index contributed by atoms with van der Waals surface area (Å²) in [4.78, 5) is 23.5. The summed E-state index contributed by atoms with van der Waals surface area (Å²) in [5, 5.41) is 3.94. The number of fused-ring (bicyclic) bond motifs is 1. The van der Waals surface area contributed by atoms with Crippen LogP contribution >= 0.6 is 0 Å². The molecule has 140 valence electrons. The lowest BCUT2D eigenvalue weighted by Gasteiger charge is -2.21. The number of carbonyl (C=O) groups excluding carboxylic acids is 1. The number of nitrogens with zero attached hydrogens (tertiary/aromatic N) is 3. The Bertz CT molecular complexity index is 995. The maximum Gasteiger partial charge on any atom is 0.254 e. The fourth-order valence-corrected chi connectivity index (χ4v) is 3.40. The lowest BCUT2D eigenvalue weighted by molar-refractivity contribution is 0.0773. The van der Waals surface area contributed by atoms with Crippen molar-refractivity contribution in [2.45, 2.75) is 20.8 Å². The van der Waals surface area contributed by atoms with Crippen LogP contribution in [0.25, 0.3) is 22.0 Å². The minimum atomic E-state index is 0.0388. The highest BCUT2D eigenvalue weighted by Gasteiger charge is 2.19. The maximum absolute atomic E-state index is 13.0. The number of nitrogen functional groups attached to an aromatic ring is 1.